The molecule has 9 heteroatoms. The summed E-state index contributed by atoms with van der Waals surface area (Å²) in [7, 11) is -3.90. The number of nitro benzene ring substituents is 1. The van der Waals surface area contributed by atoms with E-state index in [1.54, 1.807) is 13.8 Å². The smallest absolute Gasteiger partial charge is 0.271 e. The van der Waals surface area contributed by atoms with E-state index in [1.807, 2.05) is 32.0 Å². The minimum atomic E-state index is -3.90. The number of aryl methyl sites for hydroxylation is 3. The molecular formula is C20H25N3O5S. The Hall–Kier alpha value is -2.94. The van der Waals surface area contributed by atoms with Crippen LogP contribution in [0.4, 0.5) is 17.1 Å². The Morgan fingerprint density at radius 1 is 1.14 bits per heavy atom. The van der Waals surface area contributed by atoms with Gasteiger partial charge in [-0.05, 0) is 49.9 Å². The van der Waals surface area contributed by atoms with Crippen LogP contribution in [0, 0.1) is 30.9 Å². The quantitative estimate of drug-likeness (QED) is 0.543. The van der Waals surface area contributed by atoms with E-state index in [-0.39, 0.29) is 17.8 Å². The van der Waals surface area contributed by atoms with Crippen LogP contribution in [-0.4, -0.2) is 31.5 Å². The summed E-state index contributed by atoms with van der Waals surface area (Å²) in [6, 6.07) is 8.48. The molecule has 0 aromatic heterocycles. The molecule has 0 aliphatic rings. The number of carbonyl (C=O) groups is 1. The van der Waals surface area contributed by atoms with Crippen LogP contribution in [0.1, 0.15) is 30.0 Å². The predicted molar refractivity (Wildman–Crippen MR) is 114 cm³/mol. The first-order chi connectivity index (χ1) is 13.5. The lowest BCUT2D eigenvalue weighted by Gasteiger charge is -2.31. The minimum Gasteiger partial charge on any atom is -0.324 e. The van der Waals surface area contributed by atoms with Crippen molar-refractivity contribution in [3.8, 4) is 0 Å². The molecule has 0 bridgehead atoms. The van der Waals surface area contributed by atoms with E-state index in [1.165, 1.54) is 18.2 Å². The number of rotatable bonds is 7. The summed E-state index contributed by atoms with van der Waals surface area (Å²) in [5, 5.41) is 14.0. The number of anilines is 2. The first-order valence-electron chi connectivity index (χ1n) is 9.08. The molecule has 0 saturated carbocycles. The third kappa shape index (κ3) is 5.11. The lowest BCUT2D eigenvalue weighted by molar-refractivity contribution is -0.384. The average molecular weight is 420 g/mol. The van der Waals surface area contributed by atoms with Gasteiger partial charge in [-0.2, -0.15) is 0 Å². The van der Waals surface area contributed by atoms with Gasteiger partial charge < -0.3 is 5.32 Å². The van der Waals surface area contributed by atoms with Gasteiger partial charge >= 0.3 is 0 Å². The number of hydrogen-bond acceptors (Lipinski definition) is 5. The number of sulfonamides is 1. The number of benzene rings is 2. The maximum absolute atomic E-state index is 13.0. The SMILES string of the molecule is CC[C@H](C(=O)Nc1cc(C)ccc1C)N(c1cc([N+](=O)[O-])ccc1C)S(C)(=O)=O. The Kier molecular flexibility index (Phi) is 6.63. The average Bonchev–Trinajstić information content (AvgIpc) is 2.62. The Labute approximate surface area is 170 Å². The zero-order chi connectivity index (χ0) is 21.9. The Bertz CT molecular complexity index is 1050. The van der Waals surface area contributed by atoms with Gasteiger partial charge in [0.05, 0.1) is 16.9 Å². The van der Waals surface area contributed by atoms with Crippen LogP contribution in [0.25, 0.3) is 0 Å². The van der Waals surface area contributed by atoms with E-state index in [4.69, 9.17) is 0 Å². The Balaban J connectivity index is 2.53. The lowest BCUT2D eigenvalue weighted by Crippen LogP contribution is -2.47. The van der Waals surface area contributed by atoms with Crippen molar-refractivity contribution in [3.63, 3.8) is 0 Å². The third-order valence-corrected chi connectivity index (χ3v) is 5.79. The fraction of sp³-hybridized carbons (Fsp3) is 0.350. The van der Waals surface area contributed by atoms with Gasteiger partial charge in [0.15, 0.2) is 0 Å². The van der Waals surface area contributed by atoms with Gasteiger partial charge in [-0.1, -0.05) is 25.1 Å². The van der Waals surface area contributed by atoms with Gasteiger partial charge in [0, 0.05) is 17.8 Å². The summed E-state index contributed by atoms with van der Waals surface area (Å²) in [5.74, 6) is -0.502. The number of non-ortho nitro benzene ring substituents is 1. The molecule has 0 aliphatic carbocycles. The second-order valence-corrected chi connectivity index (χ2v) is 8.88. The van der Waals surface area contributed by atoms with E-state index in [0.717, 1.165) is 21.7 Å². The topological polar surface area (TPSA) is 110 Å². The summed E-state index contributed by atoms with van der Waals surface area (Å²) in [6.07, 6.45) is 1.17. The van der Waals surface area contributed by atoms with Crippen LogP contribution in [0.5, 0.6) is 0 Å². The molecular weight excluding hydrogens is 394 g/mol. The van der Waals surface area contributed by atoms with Crippen molar-refractivity contribution in [1.82, 2.24) is 0 Å². The van der Waals surface area contributed by atoms with Crippen LogP contribution in [0.2, 0.25) is 0 Å². The molecule has 2 rings (SSSR count). The van der Waals surface area contributed by atoms with Crippen LogP contribution in [0.15, 0.2) is 36.4 Å². The minimum absolute atomic E-state index is 0.115. The van der Waals surface area contributed by atoms with Crippen LogP contribution in [-0.2, 0) is 14.8 Å². The maximum atomic E-state index is 13.0. The number of hydrogen-bond donors (Lipinski definition) is 1. The monoisotopic (exact) mass is 419 g/mol. The molecule has 0 unspecified atom stereocenters. The molecule has 2 aromatic rings. The molecule has 156 valence electrons. The summed E-state index contributed by atoms with van der Waals surface area (Å²) in [6.45, 7) is 7.07. The highest BCUT2D eigenvalue weighted by atomic mass is 32.2. The van der Waals surface area contributed by atoms with E-state index in [9.17, 15) is 23.3 Å². The number of nitrogens with zero attached hydrogens (tertiary/aromatic N) is 2. The van der Waals surface area contributed by atoms with Crippen molar-refractivity contribution in [1.29, 1.82) is 0 Å². The summed E-state index contributed by atoms with van der Waals surface area (Å²) in [5.41, 5.74) is 2.77. The summed E-state index contributed by atoms with van der Waals surface area (Å²) < 4.78 is 26.2. The zero-order valence-electron chi connectivity index (χ0n) is 17.1. The van der Waals surface area contributed by atoms with Crippen molar-refractivity contribution < 1.29 is 18.1 Å². The predicted octanol–water partition coefficient (Wildman–Crippen LogP) is 3.70. The largest absolute Gasteiger partial charge is 0.324 e. The van der Waals surface area contributed by atoms with Crippen LogP contribution >= 0.6 is 0 Å². The second kappa shape index (κ2) is 8.60. The normalized spacial score (nSPS) is 12.3. The molecule has 0 saturated heterocycles. The molecule has 0 aliphatic heterocycles. The highest BCUT2D eigenvalue weighted by Gasteiger charge is 2.33. The van der Waals surface area contributed by atoms with Crippen LogP contribution < -0.4 is 9.62 Å². The molecule has 0 fully saturated rings. The van der Waals surface area contributed by atoms with Gasteiger partial charge in [-0.15, -0.1) is 0 Å². The van der Waals surface area contributed by atoms with Crippen LogP contribution in [0.3, 0.4) is 0 Å². The number of nitro groups is 1. The molecule has 1 amide bonds. The molecule has 0 radical (unpaired) electrons. The summed E-state index contributed by atoms with van der Waals surface area (Å²) in [4.78, 5) is 23.6. The van der Waals surface area contributed by atoms with E-state index in [2.05, 4.69) is 5.32 Å². The first kappa shape index (κ1) is 22.4. The molecule has 29 heavy (non-hydrogen) atoms. The van der Waals surface area contributed by atoms with Crippen molar-refractivity contribution in [2.45, 2.75) is 40.2 Å². The second-order valence-electron chi connectivity index (χ2n) is 7.02. The number of amides is 1. The molecule has 8 nitrogen and oxygen atoms in total. The molecule has 0 heterocycles. The number of carbonyl (C=O) groups excluding carboxylic acids is 1. The van der Waals surface area contributed by atoms with Crippen molar-refractivity contribution >= 4 is 33.0 Å². The highest BCUT2D eigenvalue weighted by Crippen LogP contribution is 2.30. The van der Waals surface area contributed by atoms with Gasteiger partial charge in [-0.3, -0.25) is 19.2 Å². The van der Waals surface area contributed by atoms with Crippen molar-refractivity contribution in [3.05, 3.63) is 63.2 Å². The highest BCUT2D eigenvalue weighted by molar-refractivity contribution is 7.92. The van der Waals surface area contributed by atoms with Crippen molar-refractivity contribution in [2.24, 2.45) is 0 Å². The Morgan fingerprint density at radius 2 is 1.76 bits per heavy atom. The van der Waals surface area contributed by atoms with E-state index in [0.29, 0.717) is 11.3 Å². The molecule has 2 aromatic carbocycles. The molecule has 0 spiro atoms. The number of nitrogens with one attached hydrogen (secondary N) is 1. The van der Waals surface area contributed by atoms with Gasteiger partial charge in [0.1, 0.15) is 6.04 Å². The van der Waals surface area contributed by atoms with Gasteiger partial charge in [-0.25, -0.2) is 8.42 Å². The molecule has 1 N–H and O–H groups in total. The fourth-order valence-electron chi connectivity index (χ4n) is 3.07. The summed E-state index contributed by atoms with van der Waals surface area (Å²) >= 11 is 0. The fourth-order valence-corrected chi connectivity index (χ4v) is 4.33. The van der Waals surface area contributed by atoms with Crippen molar-refractivity contribution in [2.75, 3.05) is 15.9 Å². The standard InChI is InChI=1S/C20H25N3O5S/c1-6-18(20(24)21-17-11-13(2)7-8-14(17)3)22(29(5,27)28)19-12-16(23(25)26)10-9-15(19)4/h7-12,18H,6H2,1-5H3,(H,21,24)/t18-/m1/s1. The first-order valence-corrected chi connectivity index (χ1v) is 10.9. The van der Waals surface area contributed by atoms with Gasteiger partial charge in [0.25, 0.3) is 5.69 Å². The third-order valence-electron chi connectivity index (χ3n) is 4.62. The maximum Gasteiger partial charge on any atom is 0.271 e. The van der Waals surface area contributed by atoms with Gasteiger partial charge in [0.2, 0.25) is 15.9 Å². The lowest BCUT2D eigenvalue weighted by atomic mass is 10.1. The zero-order valence-corrected chi connectivity index (χ0v) is 17.9. The molecule has 1 atom stereocenters. The Morgan fingerprint density at radius 3 is 2.31 bits per heavy atom. The van der Waals surface area contributed by atoms with E-state index >= 15 is 0 Å². The van der Waals surface area contributed by atoms with E-state index < -0.39 is 26.9 Å².